The van der Waals surface area contributed by atoms with Crippen LogP contribution in [0.1, 0.15) is 19.4 Å². The zero-order valence-corrected chi connectivity index (χ0v) is 20.6. The summed E-state index contributed by atoms with van der Waals surface area (Å²) >= 11 is 3.41. The van der Waals surface area contributed by atoms with Crippen molar-refractivity contribution >= 4 is 43.4 Å². The second kappa shape index (κ2) is 11.5. The molecule has 0 aliphatic carbocycles. The van der Waals surface area contributed by atoms with Crippen LogP contribution in [0.15, 0.2) is 70.2 Å². The van der Waals surface area contributed by atoms with Gasteiger partial charge in [-0.1, -0.05) is 49.1 Å². The fraction of sp³-hybridized carbons (Fsp3) is 0.273. The van der Waals surface area contributed by atoms with E-state index in [4.69, 9.17) is 4.84 Å². The van der Waals surface area contributed by atoms with Gasteiger partial charge in [0.15, 0.2) is 0 Å². The number of hydrogen-bond donors (Lipinski definition) is 4. The molecule has 9 nitrogen and oxygen atoms in total. The molecule has 0 bridgehead atoms. The first-order valence-electron chi connectivity index (χ1n) is 10.2. The monoisotopic (exact) mass is 535 g/mol. The Kier molecular flexibility index (Phi) is 8.75. The van der Waals surface area contributed by atoms with Gasteiger partial charge in [-0.15, -0.1) is 0 Å². The lowest BCUT2D eigenvalue weighted by atomic mass is 10.1. The van der Waals surface area contributed by atoms with Crippen molar-refractivity contribution in [3.63, 3.8) is 0 Å². The lowest BCUT2D eigenvalue weighted by Gasteiger charge is -2.21. The third kappa shape index (κ3) is 7.21. The highest BCUT2D eigenvalue weighted by molar-refractivity contribution is 9.10. The Morgan fingerprint density at radius 2 is 1.79 bits per heavy atom. The van der Waals surface area contributed by atoms with Crippen LogP contribution in [0.3, 0.4) is 0 Å². The fourth-order valence-electron chi connectivity index (χ4n) is 2.79. The number of rotatable bonds is 11. The number of hydrogen-bond acceptors (Lipinski definition) is 8. The lowest BCUT2D eigenvalue weighted by Crippen LogP contribution is -2.30. The molecule has 0 amide bonds. The zero-order chi connectivity index (χ0) is 23.8. The second-order valence-electron chi connectivity index (χ2n) is 7.58. The Morgan fingerprint density at radius 1 is 1.09 bits per heavy atom. The molecule has 0 unspecified atom stereocenters. The van der Waals surface area contributed by atoms with Gasteiger partial charge in [-0.3, -0.25) is 4.84 Å². The summed E-state index contributed by atoms with van der Waals surface area (Å²) in [6.07, 6.45) is 1.60. The Hall–Kier alpha value is -2.57. The van der Waals surface area contributed by atoms with E-state index in [0.29, 0.717) is 21.9 Å². The fourth-order valence-corrected chi connectivity index (χ4v) is 3.90. The summed E-state index contributed by atoms with van der Waals surface area (Å²) < 4.78 is 25.6. The van der Waals surface area contributed by atoms with Crippen molar-refractivity contribution in [3.8, 4) is 0 Å². The first-order chi connectivity index (χ1) is 15.8. The first kappa shape index (κ1) is 25.1. The predicted molar refractivity (Wildman–Crippen MR) is 130 cm³/mol. The van der Waals surface area contributed by atoms with Crippen LogP contribution in [0.5, 0.6) is 0 Å². The molecule has 0 aliphatic rings. The molecule has 176 valence electrons. The van der Waals surface area contributed by atoms with Crippen molar-refractivity contribution in [1.29, 1.82) is 0 Å². The predicted octanol–water partition coefficient (Wildman–Crippen LogP) is 3.82. The normalized spacial score (nSPS) is 12.5. The second-order valence-corrected chi connectivity index (χ2v) is 10.1. The van der Waals surface area contributed by atoms with E-state index < -0.39 is 10.0 Å². The maximum Gasteiger partial charge on any atom is 0.262 e. The van der Waals surface area contributed by atoms with E-state index in [1.54, 1.807) is 18.3 Å². The Morgan fingerprint density at radius 3 is 2.42 bits per heavy atom. The molecule has 33 heavy (non-hydrogen) atoms. The highest BCUT2D eigenvalue weighted by Crippen LogP contribution is 2.24. The van der Waals surface area contributed by atoms with Gasteiger partial charge in [0.25, 0.3) is 10.0 Å². The van der Waals surface area contributed by atoms with Crippen molar-refractivity contribution in [1.82, 2.24) is 14.9 Å². The highest BCUT2D eigenvalue weighted by atomic mass is 79.9. The standard InChI is InChI=1S/C22H26BrN5O4S/c1-15(2)20(13-29)26-21-19(23)12-24-22(27-21)25-17-8-10-18(11-9-17)33(30,31)28-32-14-16-6-4-3-5-7-16/h3-12,15,20,28-29H,13-14H2,1-2H3,(H2,24,25,26,27)/t20-/m0/s1. The van der Waals surface area contributed by atoms with Gasteiger partial charge in [0, 0.05) is 11.9 Å². The number of sulfonamides is 1. The molecule has 1 heterocycles. The first-order valence-corrected chi connectivity index (χ1v) is 12.5. The van der Waals surface area contributed by atoms with Crippen LogP contribution in [-0.4, -0.2) is 36.1 Å². The average molecular weight is 536 g/mol. The van der Waals surface area contributed by atoms with Crippen molar-refractivity contribution in [2.45, 2.75) is 31.4 Å². The maximum atomic E-state index is 12.4. The molecule has 0 saturated heterocycles. The third-order valence-corrected chi connectivity index (χ3v) is 6.55. The van der Waals surface area contributed by atoms with E-state index in [1.165, 1.54) is 12.1 Å². The summed E-state index contributed by atoms with van der Waals surface area (Å²) in [5.41, 5.74) is 1.46. The van der Waals surface area contributed by atoms with Crippen LogP contribution < -0.4 is 15.5 Å². The van der Waals surface area contributed by atoms with Gasteiger partial charge in [-0.05, 0) is 51.7 Å². The van der Waals surface area contributed by atoms with E-state index in [-0.39, 0.29) is 30.1 Å². The van der Waals surface area contributed by atoms with E-state index in [1.807, 2.05) is 44.2 Å². The van der Waals surface area contributed by atoms with Crippen molar-refractivity contribution in [2.75, 3.05) is 17.2 Å². The topological polar surface area (TPSA) is 125 Å². The van der Waals surface area contributed by atoms with Crippen LogP contribution in [0, 0.1) is 5.92 Å². The van der Waals surface area contributed by atoms with Gasteiger partial charge in [-0.2, -0.15) is 4.98 Å². The van der Waals surface area contributed by atoms with Crippen LogP contribution >= 0.6 is 15.9 Å². The molecular weight excluding hydrogens is 510 g/mol. The number of nitrogens with one attached hydrogen (secondary N) is 3. The largest absolute Gasteiger partial charge is 0.394 e. The Bertz CT molecular complexity index is 1150. The number of aromatic nitrogens is 2. The summed E-state index contributed by atoms with van der Waals surface area (Å²) in [6, 6.07) is 15.2. The molecule has 1 aromatic heterocycles. The van der Waals surface area contributed by atoms with Gasteiger partial charge >= 0.3 is 0 Å². The molecule has 11 heteroatoms. The van der Waals surface area contributed by atoms with Crippen molar-refractivity contribution in [2.24, 2.45) is 5.92 Å². The van der Waals surface area contributed by atoms with Crippen LogP contribution in [0.2, 0.25) is 0 Å². The molecule has 3 aromatic rings. The third-order valence-electron chi connectivity index (χ3n) is 4.74. The molecule has 0 spiro atoms. The lowest BCUT2D eigenvalue weighted by molar-refractivity contribution is 0.0795. The van der Waals surface area contributed by atoms with Gasteiger partial charge in [0.05, 0.1) is 28.6 Å². The number of nitrogens with zero attached hydrogens (tertiary/aromatic N) is 2. The molecule has 0 aliphatic heterocycles. The quantitative estimate of drug-likeness (QED) is 0.273. The molecule has 0 fully saturated rings. The molecule has 1 atom stereocenters. The van der Waals surface area contributed by atoms with Crippen molar-refractivity contribution in [3.05, 3.63) is 70.8 Å². The number of anilines is 3. The number of aliphatic hydroxyl groups is 1. The number of halogens is 1. The maximum absolute atomic E-state index is 12.4. The summed E-state index contributed by atoms with van der Waals surface area (Å²) in [4.78, 5) is 16.0. The van der Waals surface area contributed by atoms with E-state index in [0.717, 1.165) is 5.56 Å². The molecule has 4 N–H and O–H groups in total. The summed E-state index contributed by atoms with van der Waals surface area (Å²) in [7, 11) is -3.83. The van der Waals surface area contributed by atoms with Gasteiger partial charge in [0.2, 0.25) is 5.95 Å². The molecule has 3 rings (SSSR count). The molecular formula is C22H26BrN5O4S. The summed E-state index contributed by atoms with van der Waals surface area (Å²) in [6.45, 7) is 4.08. The minimum absolute atomic E-state index is 0.0318. The molecule has 0 saturated carbocycles. The number of benzene rings is 2. The van der Waals surface area contributed by atoms with E-state index >= 15 is 0 Å². The zero-order valence-electron chi connectivity index (χ0n) is 18.2. The average Bonchev–Trinajstić information content (AvgIpc) is 2.80. The molecule has 2 aromatic carbocycles. The Balaban J connectivity index is 1.63. The van der Waals surface area contributed by atoms with Crippen molar-refractivity contribution < 1.29 is 18.4 Å². The number of aliphatic hydroxyl groups excluding tert-OH is 1. The van der Waals surface area contributed by atoms with Gasteiger partial charge in [-0.25, -0.2) is 13.4 Å². The summed E-state index contributed by atoms with van der Waals surface area (Å²) in [5.74, 6) is 1.06. The molecule has 0 radical (unpaired) electrons. The summed E-state index contributed by atoms with van der Waals surface area (Å²) in [5, 5.41) is 15.8. The van der Waals surface area contributed by atoms with E-state index in [2.05, 4.69) is 41.4 Å². The SMILES string of the molecule is CC(C)[C@H](CO)Nc1nc(Nc2ccc(S(=O)(=O)NOCc3ccccc3)cc2)ncc1Br. The van der Waals surface area contributed by atoms with Gasteiger partial charge < -0.3 is 15.7 Å². The van der Waals surface area contributed by atoms with E-state index in [9.17, 15) is 13.5 Å². The van der Waals surface area contributed by atoms with Crippen LogP contribution in [0.25, 0.3) is 0 Å². The smallest absolute Gasteiger partial charge is 0.262 e. The Labute approximate surface area is 201 Å². The van der Waals surface area contributed by atoms with Crippen LogP contribution in [-0.2, 0) is 21.5 Å². The van der Waals surface area contributed by atoms with Crippen LogP contribution in [0.4, 0.5) is 17.5 Å². The highest BCUT2D eigenvalue weighted by Gasteiger charge is 2.16. The minimum Gasteiger partial charge on any atom is -0.394 e. The minimum atomic E-state index is -3.83. The van der Waals surface area contributed by atoms with Gasteiger partial charge in [0.1, 0.15) is 5.82 Å².